The van der Waals surface area contributed by atoms with Crippen LogP contribution >= 0.6 is 0 Å². The van der Waals surface area contributed by atoms with Gasteiger partial charge in [-0.1, -0.05) is 0 Å². The quantitative estimate of drug-likeness (QED) is 0.296. The van der Waals surface area contributed by atoms with E-state index < -0.39 is 0 Å². The van der Waals surface area contributed by atoms with E-state index in [1.165, 1.54) is 0 Å². The fourth-order valence-corrected chi connectivity index (χ4v) is 0. The van der Waals surface area contributed by atoms with Crippen molar-refractivity contribution in [3.63, 3.8) is 0 Å². The van der Waals surface area contributed by atoms with Crippen LogP contribution in [0.15, 0.2) is 0 Å². The molecule has 0 aromatic carbocycles. The molecule has 0 bridgehead atoms. The van der Waals surface area contributed by atoms with Crippen molar-refractivity contribution in [1.29, 1.82) is 0 Å². The Balaban J connectivity index is -0.00000000900. The van der Waals surface area contributed by atoms with Gasteiger partial charge in [0.2, 0.25) is 0 Å². The van der Waals surface area contributed by atoms with E-state index in [0.717, 1.165) is 0 Å². The second-order valence-electron chi connectivity index (χ2n) is 0. The topological polar surface area (TPSA) is 130 Å². The van der Waals surface area contributed by atoms with Crippen molar-refractivity contribution >= 4 is 0 Å². The summed E-state index contributed by atoms with van der Waals surface area (Å²) in [7, 11) is 0. The molecule has 0 spiro atoms. The second kappa shape index (κ2) is 208. The first-order chi connectivity index (χ1) is 3.00. The van der Waals surface area contributed by atoms with Gasteiger partial charge in [-0.2, -0.15) is 0 Å². The molecular weight excluding hydrogens is 236 g/mol. The smallest absolute Gasteiger partial charge is 0.727 e. The van der Waals surface area contributed by atoms with Gasteiger partial charge in [0, 0.05) is 0 Å². The van der Waals surface area contributed by atoms with Crippen molar-refractivity contribution < 1.29 is 73.3 Å². The number of rotatable bonds is 0. The molecule has 0 aliphatic heterocycles. The van der Waals surface area contributed by atoms with Crippen LogP contribution in [-0.4, -0.2) is 15.8 Å². The Morgan fingerprint density at radius 1 is 0.571 bits per heavy atom. The summed E-state index contributed by atoms with van der Waals surface area (Å²) < 4.78 is 0. The van der Waals surface area contributed by atoms with E-state index in [9.17, 15) is 0 Å². The monoisotopic (exact) mass is 239 g/mol. The van der Waals surface area contributed by atoms with Gasteiger partial charge < -0.3 is 31.5 Å². The third-order valence-electron chi connectivity index (χ3n) is 0. The summed E-state index contributed by atoms with van der Waals surface area (Å²) in [5.74, 6) is 0. The Labute approximate surface area is 72.8 Å². The van der Waals surface area contributed by atoms with Crippen LogP contribution in [0.4, 0.5) is 0 Å². The van der Waals surface area contributed by atoms with Gasteiger partial charge >= 0.3 is 41.7 Å². The summed E-state index contributed by atoms with van der Waals surface area (Å²) in [4.78, 5) is 0. The van der Waals surface area contributed by atoms with E-state index in [1.807, 2.05) is 0 Å². The fourth-order valence-electron chi connectivity index (χ4n) is 0. The summed E-state index contributed by atoms with van der Waals surface area (Å²) >= 11 is 0. The molecule has 0 fully saturated rings. The Kier molecular flexibility index (Phi) is 720. The molecule has 7 heavy (non-hydrogen) atoms. The molecule has 43 valence electrons. The summed E-state index contributed by atoms with van der Waals surface area (Å²) in [5, 5.41) is 39.0. The third kappa shape index (κ3) is 146. The van der Waals surface area contributed by atoms with Gasteiger partial charge in [-0.15, -0.1) is 0 Å². The maximum absolute atomic E-state index is 7.25. The van der Waals surface area contributed by atoms with E-state index in [1.54, 1.807) is 0 Å². The SMILES string of the molecule is [Ce+3].[O-]O.[O-]O.[O-]O. The third-order valence-corrected chi connectivity index (χ3v) is 0. The average Bonchev–Trinajstić information content (AvgIpc) is 1.81. The van der Waals surface area contributed by atoms with Gasteiger partial charge in [0.15, 0.2) is 0 Å². The Bertz CT molecular complexity index is 4.14. The normalized spacial score (nSPS) is 2.57. The zero-order valence-electron chi connectivity index (χ0n) is 3.07. The molecule has 0 rings (SSSR count). The maximum Gasteiger partial charge on any atom is 3.00 e. The largest absolute Gasteiger partial charge is 3.00 e. The molecule has 0 unspecified atom stereocenters. The molecule has 0 aliphatic rings. The first kappa shape index (κ1) is 24.2. The molecule has 7 heteroatoms. The predicted octanol–water partition coefficient (Wildman–Crippen LogP) is -3.54. The van der Waals surface area contributed by atoms with Crippen molar-refractivity contribution in [2.75, 3.05) is 0 Å². The van der Waals surface area contributed by atoms with E-state index in [-0.39, 0.29) is 41.7 Å². The molecular formula is H3CeO6. The predicted molar refractivity (Wildman–Crippen MR) is 7.89 cm³/mol. The van der Waals surface area contributed by atoms with Gasteiger partial charge in [-0.05, 0) is 0 Å². The van der Waals surface area contributed by atoms with E-state index in [2.05, 4.69) is 0 Å². The zero-order chi connectivity index (χ0) is 6.00. The van der Waals surface area contributed by atoms with Crippen LogP contribution in [0.2, 0.25) is 0 Å². The molecule has 0 saturated carbocycles. The van der Waals surface area contributed by atoms with Crippen LogP contribution < -0.4 is 15.8 Å². The van der Waals surface area contributed by atoms with Gasteiger partial charge in [0.05, 0.1) is 0 Å². The summed E-state index contributed by atoms with van der Waals surface area (Å²) in [6.07, 6.45) is 0. The average molecular weight is 239 g/mol. The van der Waals surface area contributed by atoms with Crippen molar-refractivity contribution in [3.05, 3.63) is 0 Å². The summed E-state index contributed by atoms with van der Waals surface area (Å²) in [6, 6.07) is 0. The Morgan fingerprint density at radius 3 is 0.571 bits per heavy atom. The van der Waals surface area contributed by atoms with Crippen LogP contribution in [0.3, 0.4) is 0 Å². The van der Waals surface area contributed by atoms with Crippen molar-refractivity contribution in [2.45, 2.75) is 0 Å². The van der Waals surface area contributed by atoms with Crippen LogP contribution in [-0.2, 0) is 0 Å². The molecule has 6 nitrogen and oxygen atoms in total. The molecule has 0 aliphatic carbocycles. The molecule has 0 heterocycles. The van der Waals surface area contributed by atoms with Crippen molar-refractivity contribution in [2.24, 2.45) is 0 Å². The van der Waals surface area contributed by atoms with Crippen molar-refractivity contribution in [3.8, 4) is 0 Å². The van der Waals surface area contributed by atoms with Crippen LogP contribution in [0, 0.1) is 41.7 Å². The number of hydrogen-bond acceptors (Lipinski definition) is 6. The summed E-state index contributed by atoms with van der Waals surface area (Å²) in [6.45, 7) is 0. The molecule has 0 aromatic rings. The van der Waals surface area contributed by atoms with Crippen LogP contribution in [0.25, 0.3) is 0 Å². The summed E-state index contributed by atoms with van der Waals surface area (Å²) in [5.41, 5.74) is 0. The van der Waals surface area contributed by atoms with Crippen molar-refractivity contribution in [1.82, 2.24) is 0 Å². The van der Waals surface area contributed by atoms with E-state index in [0.29, 0.717) is 0 Å². The second-order valence-corrected chi connectivity index (χ2v) is 0. The number of hydrogen-bond donors (Lipinski definition) is 3. The molecule has 0 atom stereocenters. The van der Waals surface area contributed by atoms with Gasteiger partial charge in [0.1, 0.15) is 0 Å². The fraction of sp³-hybridized carbons (Fsp3) is 0. The van der Waals surface area contributed by atoms with Crippen LogP contribution in [0.1, 0.15) is 0 Å². The molecule has 3 N–H and O–H groups in total. The minimum atomic E-state index is 0. The standard InChI is InChI=1S/Ce.3H2O2/c;3*1-2/h;3*1-2H/q+3;;;/p-3. The van der Waals surface area contributed by atoms with Gasteiger partial charge in [-0.3, -0.25) is 0 Å². The van der Waals surface area contributed by atoms with E-state index in [4.69, 9.17) is 31.5 Å². The molecule has 0 saturated heterocycles. The Morgan fingerprint density at radius 2 is 0.571 bits per heavy atom. The molecule has 1 radical (unpaired) electrons. The molecule has 0 amide bonds. The minimum absolute atomic E-state index is 0. The maximum atomic E-state index is 7.25. The first-order valence-electron chi connectivity index (χ1n) is 0.548. The Hall–Kier alpha value is 1.14. The van der Waals surface area contributed by atoms with Gasteiger partial charge in [0.25, 0.3) is 0 Å². The van der Waals surface area contributed by atoms with Crippen LogP contribution in [0.5, 0.6) is 0 Å². The minimum Gasteiger partial charge on any atom is -0.727 e. The van der Waals surface area contributed by atoms with E-state index >= 15 is 0 Å². The molecule has 0 aromatic heterocycles. The first-order valence-corrected chi connectivity index (χ1v) is 0.548. The van der Waals surface area contributed by atoms with Gasteiger partial charge in [-0.25, -0.2) is 0 Å². The zero-order valence-corrected chi connectivity index (χ0v) is 6.21.